The number of hydrogen-bond acceptors (Lipinski definition) is 5. The van der Waals surface area contributed by atoms with Crippen LogP contribution >= 0.6 is 11.6 Å². The number of morpholine rings is 1. The summed E-state index contributed by atoms with van der Waals surface area (Å²) in [4.78, 5) is 15.2. The van der Waals surface area contributed by atoms with Crippen LogP contribution in [0.2, 0.25) is 5.02 Å². The molecule has 0 aliphatic carbocycles. The van der Waals surface area contributed by atoms with Gasteiger partial charge in [-0.2, -0.15) is 0 Å². The second kappa shape index (κ2) is 10.5. The Morgan fingerprint density at radius 3 is 2.21 bits per heavy atom. The Bertz CT molecular complexity index is 1220. The molecule has 1 N–H and O–H groups in total. The number of nitrogens with one attached hydrogen (secondary N) is 1. The Morgan fingerprint density at radius 1 is 0.971 bits per heavy atom. The van der Waals surface area contributed by atoms with Crippen molar-refractivity contribution in [3.05, 3.63) is 83.4 Å². The van der Waals surface area contributed by atoms with E-state index in [9.17, 15) is 13.2 Å². The summed E-state index contributed by atoms with van der Waals surface area (Å²) in [6.07, 6.45) is 0. The van der Waals surface area contributed by atoms with Gasteiger partial charge in [0.1, 0.15) is 6.54 Å². The minimum Gasteiger partial charge on any atom is -0.378 e. The van der Waals surface area contributed by atoms with Crippen LogP contribution in [0.25, 0.3) is 0 Å². The van der Waals surface area contributed by atoms with Crippen molar-refractivity contribution < 1.29 is 17.9 Å². The Labute approximate surface area is 205 Å². The molecule has 0 radical (unpaired) electrons. The minimum absolute atomic E-state index is 0.107. The van der Waals surface area contributed by atoms with Crippen molar-refractivity contribution in [2.45, 2.75) is 11.8 Å². The molecule has 3 aromatic rings. The van der Waals surface area contributed by atoms with E-state index in [1.54, 1.807) is 36.4 Å². The molecule has 1 aliphatic heterocycles. The molecule has 1 heterocycles. The minimum atomic E-state index is -3.98. The second-order valence-electron chi connectivity index (χ2n) is 8.00. The zero-order valence-electron chi connectivity index (χ0n) is 18.8. The summed E-state index contributed by atoms with van der Waals surface area (Å²) >= 11 is 5.99. The maximum absolute atomic E-state index is 13.4. The van der Waals surface area contributed by atoms with Crippen LogP contribution in [0, 0.1) is 6.92 Å². The third-order valence-corrected chi connectivity index (χ3v) is 7.58. The highest BCUT2D eigenvalue weighted by molar-refractivity contribution is 7.92. The first-order valence-electron chi connectivity index (χ1n) is 10.9. The van der Waals surface area contributed by atoms with E-state index >= 15 is 0 Å². The van der Waals surface area contributed by atoms with Crippen molar-refractivity contribution >= 4 is 44.6 Å². The van der Waals surface area contributed by atoms with E-state index in [1.165, 1.54) is 12.1 Å². The summed E-state index contributed by atoms with van der Waals surface area (Å²) in [6.45, 7) is 4.51. The molecule has 9 heteroatoms. The third-order valence-electron chi connectivity index (χ3n) is 5.54. The number of anilines is 3. The monoisotopic (exact) mass is 499 g/mol. The molecule has 1 saturated heterocycles. The van der Waals surface area contributed by atoms with Crippen molar-refractivity contribution in [1.82, 2.24) is 0 Å². The van der Waals surface area contributed by atoms with Crippen LogP contribution in [-0.4, -0.2) is 47.2 Å². The summed E-state index contributed by atoms with van der Waals surface area (Å²) in [6, 6.07) is 20.4. The molecule has 1 amide bonds. The molecule has 178 valence electrons. The average molecular weight is 500 g/mol. The molecule has 4 rings (SSSR count). The predicted octanol–water partition coefficient (Wildman–Crippen LogP) is 4.32. The number of sulfonamides is 1. The van der Waals surface area contributed by atoms with Crippen LogP contribution in [0.3, 0.4) is 0 Å². The molecule has 0 aromatic heterocycles. The molecule has 0 bridgehead atoms. The molecule has 0 spiro atoms. The van der Waals surface area contributed by atoms with Gasteiger partial charge in [0.25, 0.3) is 10.0 Å². The molecule has 0 atom stereocenters. The van der Waals surface area contributed by atoms with Crippen molar-refractivity contribution in [3.8, 4) is 0 Å². The van der Waals surface area contributed by atoms with E-state index < -0.39 is 15.9 Å². The van der Waals surface area contributed by atoms with Gasteiger partial charge in [0.2, 0.25) is 5.91 Å². The highest BCUT2D eigenvalue weighted by Gasteiger charge is 2.27. The molecular formula is C25H26ClN3O4S. The molecule has 0 saturated carbocycles. The van der Waals surface area contributed by atoms with Gasteiger partial charge >= 0.3 is 0 Å². The fraction of sp³-hybridized carbons (Fsp3) is 0.240. The number of rotatable bonds is 7. The summed E-state index contributed by atoms with van der Waals surface area (Å²) in [5, 5.41) is 3.28. The first kappa shape index (κ1) is 24.1. The lowest BCUT2D eigenvalue weighted by molar-refractivity contribution is -0.114. The summed E-state index contributed by atoms with van der Waals surface area (Å²) in [5.74, 6) is -0.454. The molecule has 7 nitrogen and oxygen atoms in total. The van der Waals surface area contributed by atoms with Gasteiger partial charge in [-0.3, -0.25) is 9.10 Å². The van der Waals surface area contributed by atoms with Crippen LogP contribution in [0.5, 0.6) is 0 Å². The van der Waals surface area contributed by atoms with Gasteiger partial charge in [-0.25, -0.2) is 8.42 Å². The zero-order chi connectivity index (χ0) is 24.1. The van der Waals surface area contributed by atoms with Crippen molar-refractivity contribution in [2.75, 3.05) is 47.4 Å². The topological polar surface area (TPSA) is 79.0 Å². The van der Waals surface area contributed by atoms with Gasteiger partial charge in [0.15, 0.2) is 0 Å². The Hall–Kier alpha value is -3.07. The smallest absolute Gasteiger partial charge is 0.264 e. The van der Waals surface area contributed by atoms with Crippen LogP contribution in [-0.2, 0) is 19.6 Å². The first-order valence-corrected chi connectivity index (χ1v) is 12.7. The molecule has 34 heavy (non-hydrogen) atoms. The van der Waals surface area contributed by atoms with Gasteiger partial charge in [0.05, 0.1) is 23.8 Å². The van der Waals surface area contributed by atoms with Crippen LogP contribution in [0.15, 0.2) is 77.7 Å². The third kappa shape index (κ3) is 5.70. The van der Waals surface area contributed by atoms with E-state index in [1.807, 2.05) is 31.2 Å². The Kier molecular flexibility index (Phi) is 7.41. The zero-order valence-corrected chi connectivity index (χ0v) is 20.3. The maximum Gasteiger partial charge on any atom is 0.264 e. The van der Waals surface area contributed by atoms with E-state index in [0.29, 0.717) is 29.6 Å². The molecule has 0 unspecified atom stereocenters. The largest absolute Gasteiger partial charge is 0.378 e. The molecular weight excluding hydrogens is 474 g/mol. The van der Waals surface area contributed by atoms with E-state index in [-0.39, 0.29) is 11.4 Å². The lowest BCUT2D eigenvalue weighted by atomic mass is 10.2. The van der Waals surface area contributed by atoms with Crippen LogP contribution in [0.4, 0.5) is 17.1 Å². The second-order valence-corrected chi connectivity index (χ2v) is 10.3. The SMILES string of the molecule is Cc1ccc(S(=O)(=O)N(CC(=O)Nc2ccc(N3CCOCC3)cc2)c2ccc(Cl)cc2)cc1. The van der Waals surface area contributed by atoms with Crippen molar-refractivity contribution in [1.29, 1.82) is 0 Å². The van der Waals surface area contributed by atoms with Gasteiger partial charge in [0, 0.05) is 29.5 Å². The summed E-state index contributed by atoms with van der Waals surface area (Å²) in [7, 11) is -3.98. The lowest BCUT2D eigenvalue weighted by Crippen LogP contribution is -2.38. The fourth-order valence-electron chi connectivity index (χ4n) is 3.67. The summed E-state index contributed by atoms with van der Waals surface area (Å²) < 4.78 is 33.3. The number of carbonyl (C=O) groups excluding carboxylic acids is 1. The van der Waals surface area contributed by atoms with Crippen molar-refractivity contribution in [3.63, 3.8) is 0 Å². The number of nitrogens with zero attached hydrogens (tertiary/aromatic N) is 2. The Balaban J connectivity index is 1.53. The quantitative estimate of drug-likeness (QED) is 0.523. The normalized spacial score (nSPS) is 14.0. The summed E-state index contributed by atoms with van der Waals surface area (Å²) in [5.41, 5.74) is 2.93. The number of carbonyl (C=O) groups is 1. The number of amides is 1. The molecule has 1 fully saturated rings. The van der Waals surface area contributed by atoms with Crippen LogP contribution < -0.4 is 14.5 Å². The lowest BCUT2D eigenvalue weighted by Gasteiger charge is -2.29. The fourth-order valence-corrected chi connectivity index (χ4v) is 5.21. The van der Waals surface area contributed by atoms with Gasteiger partial charge in [-0.05, 0) is 67.6 Å². The van der Waals surface area contributed by atoms with Crippen LogP contribution in [0.1, 0.15) is 5.56 Å². The van der Waals surface area contributed by atoms with E-state index in [2.05, 4.69) is 10.2 Å². The van der Waals surface area contributed by atoms with E-state index in [4.69, 9.17) is 16.3 Å². The van der Waals surface area contributed by atoms with Crippen molar-refractivity contribution in [2.24, 2.45) is 0 Å². The first-order chi connectivity index (χ1) is 16.3. The average Bonchev–Trinajstić information content (AvgIpc) is 2.84. The number of halogens is 1. The number of ether oxygens (including phenoxy) is 1. The highest BCUT2D eigenvalue weighted by Crippen LogP contribution is 2.26. The van der Waals surface area contributed by atoms with Gasteiger partial charge in [-0.15, -0.1) is 0 Å². The number of benzene rings is 3. The number of aryl methyl sites for hydroxylation is 1. The molecule has 3 aromatic carbocycles. The highest BCUT2D eigenvalue weighted by atomic mass is 35.5. The Morgan fingerprint density at radius 2 is 1.59 bits per heavy atom. The standard InChI is InChI=1S/C25H26ClN3O4S/c1-19-2-12-24(13-3-19)34(31,32)29(23-8-4-20(26)5-9-23)18-25(30)27-21-6-10-22(11-7-21)28-14-16-33-17-15-28/h2-13H,14-18H2,1H3,(H,27,30). The predicted molar refractivity (Wildman–Crippen MR) is 135 cm³/mol. The molecule has 1 aliphatic rings. The van der Waals surface area contributed by atoms with Gasteiger partial charge in [-0.1, -0.05) is 29.3 Å². The van der Waals surface area contributed by atoms with Gasteiger partial charge < -0.3 is 15.0 Å². The number of hydrogen-bond donors (Lipinski definition) is 1. The maximum atomic E-state index is 13.4. The van der Waals surface area contributed by atoms with E-state index in [0.717, 1.165) is 28.6 Å².